The second-order valence-corrected chi connectivity index (χ2v) is 3.46. The number of nitrogens with two attached hydrogens (primary N) is 3. The van der Waals surface area contributed by atoms with Gasteiger partial charge in [-0.15, -0.1) is 0 Å². The number of guanidine groups is 2. The van der Waals surface area contributed by atoms with Crippen LogP contribution >= 0.6 is 0 Å². The van der Waals surface area contributed by atoms with Crippen LogP contribution in [0.1, 0.15) is 19.3 Å². The van der Waals surface area contributed by atoms with Crippen molar-refractivity contribution in [1.82, 2.24) is 0 Å². The first-order chi connectivity index (χ1) is 6.63. The molecule has 1 fully saturated rings. The van der Waals surface area contributed by atoms with Crippen LogP contribution in [0.4, 0.5) is 0 Å². The standard InChI is InChI=1S/C8H17N5O/c9-7(10)13-8(11)12-6-3-1-2-5(6)4-14/h5-6,14H,1-4H2,(H6,9,10,11,12,13). The topological polar surface area (TPSA) is 123 Å². The van der Waals surface area contributed by atoms with E-state index in [-0.39, 0.29) is 30.5 Å². The van der Waals surface area contributed by atoms with Crippen molar-refractivity contribution in [1.29, 1.82) is 0 Å². The Balaban J connectivity index is 2.61. The third-order valence-corrected chi connectivity index (χ3v) is 2.40. The molecule has 0 amide bonds. The highest BCUT2D eigenvalue weighted by Gasteiger charge is 2.26. The smallest absolute Gasteiger partial charge is 0.218 e. The highest BCUT2D eigenvalue weighted by Crippen LogP contribution is 2.27. The summed E-state index contributed by atoms with van der Waals surface area (Å²) in [6.45, 7) is 0.142. The van der Waals surface area contributed by atoms with Crippen LogP contribution in [0, 0.1) is 5.92 Å². The minimum atomic E-state index is -0.0928. The molecule has 80 valence electrons. The number of nitrogens with zero attached hydrogens (tertiary/aromatic N) is 2. The summed E-state index contributed by atoms with van der Waals surface area (Å²) < 4.78 is 0. The second kappa shape index (κ2) is 4.80. The molecule has 2 unspecified atom stereocenters. The number of aliphatic hydroxyl groups excluding tert-OH is 1. The average Bonchev–Trinajstić information content (AvgIpc) is 2.50. The first-order valence-corrected chi connectivity index (χ1v) is 4.67. The maximum atomic E-state index is 9.04. The summed E-state index contributed by atoms with van der Waals surface area (Å²) in [6, 6.07) is 0.0584. The Bertz CT molecular complexity index is 246. The first-order valence-electron chi connectivity index (χ1n) is 4.67. The Labute approximate surface area is 82.9 Å². The van der Waals surface area contributed by atoms with Crippen molar-refractivity contribution in [3.8, 4) is 0 Å². The van der Waals surface area contributed by atoms with E-state index in [4.69, 9.17) is 22.3 Å². The number of aliphatic imine (C=N–C) groups is 2. The molecule has 0 aromatic heterocycles. The number of aliphatic hydroxyl groups is 1. The number of hydrogen-bond donors (Lipinski definition) is 4. The van der Waals surface area contributed by atoms with Gasteiger partial charge in [0.1, 0.15) is 0 Å². The molecule has 0 saturated heterocycles. The Hall–Kier alpha value is -1.30. The van der Waals surface area contributed by atoms with Crippen LogP contribution in [0.5, 0.6) is 0 Å². The van der Waals surface area contributed by atoms with E-state index in [1.165, 1.54) is 0 Å². The molecule has 14 heavy (non-hydrogen) atoms. The average molecular weight is 199 g/mol. The van der Waals surface area contributed by atoms with Gasteiger partial charge in [-0.3, -0.25) is 0 Å². The predicted octanol–water partition coefficient (Wildman–Crippen LogP) is -1.26. The molecule has 7 N–H and O–H groups in total. The number of rotatable bonds is 2. The molecule has 2 atom stereocenters. The molecule has 0 bridgehead atoms. The monoisotopic (exact) mass is 199 g/mol. The summed E-state index contributed by atoms with van der Waals surface area (Å²) in [5.41, 5.74) is 15.8. The molecular formula is C8H17N5O. The van der Waals surface area contributed by atoms with E-state index >= 15 is 0 Å². The van der Waals surface area contributed by atoms with Crippen LogP contribution in [0.25, 0.3) is 0 Å². The summed E-state index contributed by atoms with van der Waals surface area (Å²) in [5, 5.41) is 9.04. The lowest BCUT2D eigenvalue weighted by molar-refractivity contribution is 0.218. The second-order valence-electron chi connectivity index (χ2n) is 3.46. The normalized spacial score (nSPS) is 27.6. The van der Waals surface area contributed by atoms with Crippen molar-refractivity contribution >= 4 is 11.9 Å². The van der Waals surface area contributed by atoms with E-state index in [1.54, 1.807) is 0 Å². The van der Waals surface area contributed by atoms with Gasteiger partial charge in [-0.1, -0.05) is 6.42 Å². The van der Waals surface area contributed by atoms with Gasteiger partial charge in [-0.2, -0.15) is 4.99 Å². The lowest BCUT2D eigenvalue weighted by Crippen LogP contribution is -2.28. The van der Waals surface area contributed by atoms with Gasteiger partial charge in [0, 0.05) is 12.5 Å². The lowest BCUT2D eigenvalue weighted by Gasteiger charge is -2.12. The number of hydrogen-bond acceptors (Lipinski definition) is 2. The molecule has 1 saturated carbocycles. The largest absolute Gasteiger partial charge is 0.396 e. The summed E-state index contributed by atoms with van der Waals surface area (Å²) in [5.74, 6) is 0.197. The minimum Gasteiger partial charge on any atom is -0.396 e. The van der Waals surface area contributed by atoms with E-state index in [1.807, 2.05) is 0 Å². The minimum absolute atomic E-state index is 0.0584. The highest BCUT2D eigenvalue weighted by atomic mass is 16.3. The zero-order chi connectivity index (χ0) is 10.6. The van der Waals surface area contributed by atoms with E-state index in [2.05, 4.69) is 9.98 Å². The van der Waals surface area contributed by atoms with E-state index < -0.39 is 0 Å². The molecule has 0 aliphatic heterocycles. The van der Waals surface area contributed by atoms with Crippen LogP contribution in [-0.2, 0) is 0 Å². The molecule has 6 heteroatoms. The Kier molecular flexibility index (Phi) is 3.70. The summed E-state index contributed by atoms with van der Waals surface area (Å²) in [6.07, 6.45) is 2.99. The molecule has 1 aliphatic carbocycles. The molecule has 0 aromatic rings. The van der Waals surface area contributed by atoms with Crippen molar-refractivity contribution in [2.45, 2.75) is 25.3 Å². The molecule has 0 spiro atoms. The zero-order valence-electron chi connectivity index (χ0n) is 8.06. The van der Waals surface area contributed by atoms with Crippen LogP contribution in [0.15, 0.2) is 9.98 Å². The predicted molar refractivity (Wildman–Crippen MR) is 55.6 cm³/mol. The Morgan fingerprint density at radius 1 is 1.29 bits per heavy atom. The van der Waals surface area contributed by atoms with Crippen molar-refractivity contribution in [3.05, 3.63) is 0 Å². The SMILES string of the molecule is NC(N)=NC(N)=NC1CCCC1CO. The van der Waals surface area contributed by atoms with Crippen LogP contribution in [0.3, 0.4) is 0 Å². The molecule has 6 nitrogen and oxygen atoms in total. The lowest BCUT2D eigenvalue weighted by atomic mass is 10.1. The van der Waals surface area contributed by atoms with E-state index in [9.17, 15) is 0 Å². The molecule has 1 rings (SSSR count). The Morgan fingerprint density at radius 3 is 2.57 bits per heavy atom. The van der Waals surface area contributed by atoms with Crippen LogP contribution < -0.4 is 17.2 Å². The van der Waals surface area contributed by atoms with Crippen molar-refractivity contribution in [2.75, 3.05) is 6.61 Å². The first kappa shape index (κ1) is 10.8. The van der Waals surface area contributed by atoms with Gasteiger partial charge >= 0.3 is 0 Å². The van der Waals surface area contributed by atoms with Gasteiger partial charge < -0.3 is 22.3 Å². The highest BCUT2D eigenvalue weighted by molar-refractivity contribution is 5.92. The van der Waals surface area contributed by atoms with Crippen molar-refractivity contribution in [2.24, 2.45) is 33.1 Å². The van der Waals surface area contributed by atoms with Gasteiger partial charge in [0.15, 0.2) is 5.96 Å². The fraction of sp³-hybridized carbons (Fsp3) is 0.750. The fourth-order valence-corrected chi connectivity index (χ4v) is 1.73. The van der Waals surface area contributed by atoms with Gasteiger partial charge in [0.25, 0.3) is 0 Å². The van der Waals surface area contributed by atoms with Crippen LogP contribution in [0.2, 0.25) is 0 Å². The van der Waals surface area contributed by atoms with Crippen molar-refractivity contribution in [3.63, 3.8) is 0 Å². The summed E-state index contributed by atoms with van der Waals surface area (Å²) >= 11 is 0. The van der Waals surface area contributed by atoms with Gasteiger partial charge in [0.2, 0.25) is 5.96 Å². The molecule has 0 heterocycles. The third-order valence-electron chi connectivity index (χ3n) is 2.40. The molecule has 1 aliphatic rings. The molecule has 0 radical (unpaired) electrons. The van der Waals surface area contributed by atoms with Gasteiger partial charge in [-0.05, 0) is 12.8 Å². The summed E-state index contributed by atoms with van der Waals surface area (Å²) in [7, 11) is 0. The maximum absolute atomic E-state index is 9.04. The third kappa shape index (κ3) is 2.88. The summed E-state index contributed by atoms with van der Waals surface area (Å²) in [4.78, 5) is 7.78. The molecule has 0 aromatic carbocycles. The van der Waals surface area contributed by atoms with Crippen molar-refractivity contribution < 1.29 is 5.11 Å². The quantitative estimate of drug-likeness (QED) is 0.327. The van der Waals surface area contributed by atoms with Gasteiger partial charge in [0.05, 0.1) is 6.04 Å². The van der Waals surface area contributed by atoms with E-state index in [0.717, 1.165) is 19.3 Å². The zero-order valence-corrected chi connectivity index (χ0v) is 8.06. The molecular weight excluding hydrogens is 182 g/mol. The van der Waals surface area contributed by atoms with Crippen LogP contribution in [-0.4, -0.2) is 29.7 Å². The maximum Gasteiger partial charge on any atom is 0.218 e. The Morgan fingerprint density at radius 2 is 2.00 bits per heavy atom. The fourth-order valence-electron chi connectivity index (χ4n) is 1.73. The van der Waals surface area contributed by atoms with E-state index in [0.29, 0.717) is 0 Å². The van der Waals surface area contributed by atoms with Gasteiger partial charge in [-0.25, -0.2) is 4.99 Å².